The van der Waals surface area contributed by atoms with Crippen LogP contribution in [0.15, 0.2) is 0 Å². The molecule has 0 unspecified atom stereocenters. The maximum absolute atomic E-state index is 10.6. The normalized spacial score (nSPS) is 24.1. The second-order valence-corrected chi connectivity index (χ2v) is 2.83. The number of carbonyl (C=O) groups is 1. The highest BCUT2D eigenvalue weighted by Gasteiger charge is 2.21. The molecule has 1 aliphatic rings. The molecule has 1 aliphatic heterocycles. The van der Waals surface area contributed by atoms with E-state index in [0.717, 1.165) is 0 Å². The van der Waals surface area contributed by atoms with Gasteiger partial charge in [0.15, 0.2) is 0 Å². The first-order valence-electron chi connectivity index (χ1n) is 3.94. The predicted octanol–water partition coefficient (Wildman–Crippen LogP) is -0.415. The van der Waals surface area contributed by atoms with Crippen LogP contribution in [0.3, 0.4) is 0 Å². The zero-order valence-electron chi connectivity index (χ0n) is 7.12. The van der Waals surface area contributed by atoms with Crippen LogP contribution in [0.5, 0.6) is 0 Å². The number of piperazine rings is 1. The largest absolute Gasteiger partial charge is 0.465 e. The maximum atomic E-state index is 10.6. The van der Waals surface area contributed by atoms with E-state index in [-0.39, 0.29) is 6.04 Å². The minimum absolute atomic E-state index is 0.139. The number of hydrogen-bond acceptors (Lipinski definition) is 3. The number of ether oxygens (including phenoxy) is 1. The Labute approximate surface area is 71.3 Å². The molecule has 0 aromatic rings. The fourth-order valence-corrected chi connectivity index (χ4v) is 1.31. The van der Waals surface area contributed by atoms with Gasteiger partial charge in [0.25, 0.3) is 0 Å². The summed E-state index contributed by atoms with van der Waals surface area (Å²) in [5, 5.41) is 11.9. The first-order chi connectivity index (χ1) is 5.74. The fourth-order valence-electron chi connectivity index (χ4n) is 1.31. The standard InChI is InChI=1S/C7H14N2O3/c1-12-5-6-4-9(7(10)11)3-2-8-6/h6,8H,2-5H2,1H3,(H,10,11)/t6-/m1/s1. The molecule has 1 atom stereocenters. The van der Waals surface area contributed by atoms with E-state index in [9.17, 15) is 4.79 Å². The molecule has 0 radical (unpaired) electrons. The first-order valence-corrected chi connectivity index (χ1v) is 3.94. The lowest BCUT2D eigenvalue weighted by molar-refractivity contribution is 0.101. The van der Waals surface area contributed by atoms with E-state index in [4.69, 9.17) is 9.84 Å². The van der Waals surface area contributed by atoms with Crippen molar-refractivity contribution in [3.63, 3.8) is 0 Å². The molecule has 0 spiro atoms. The molecular formula is C7H14N2O3. The van der Waals surface area contributed by atoms with Crippen molar-refractivity contribution in [2.75, 3.05) is 33.4 Å². The third-order valence-corrected chi connectivity index (χ3v) is 1.89. The van der Waals surface area contributed by atoms with Crippen molar-refractivity contribution < 1.29 is 14.6 Å². The average Bonchev–Trinajstić information content (AvgIpc) is 2.05. The number of nitrogens with one attached hydrogen (secondary N) is 1. The van der Waals surface area contributed by atoms with E-state index < -0.39 is 6.09 Å². The van der Waals surface area contributed by atoms with Crippen LogP contribution in [0.4, 0.5) is 4.79 Å². The Morgan fingerprint density at radius 1 is 1.83 bits per heavy atom. The summed E-state index contributed by atoms with van der Waals surface area (Å²) in [7, 11) is 1.61. The van der Waals surface area contributed by atoms with Crippen molar-refractivity contribution in [3.05, 3.63) is 0 Å². The summed E-state index contributed by atoms with van der Waals surface area (Å²) in [4.78, 5) is 12.0. The van der Waals surface area contributed by atoms with Gasteiger partial charge in [-0.2, -0.15) is 0 Å². The maximum Gasteiger partial charge on any atom is 0.407 e. The van der Waals surface area contributed by atoms with Crippen LogP contribution in [0.25, 0.3) is 0 Å². The summed E-state index contributed by atoms with van der Waals surface area (Å²) in [5.41, 5.74) is 0. The molecule has 0 saturated carbocycles. The summed E-state index contributed by atoms with van der Waals surface area (Å²) in [6.45, 7) is 2.35. The van der Waals surface area contributed by atoms with Crippen molar-refractivity contribution in [2.45, 2.75) is 6.04 Å². The van der Waals surface area contributed by atoms with Gasteiger partial charge in [-0.15, -0.1) is 0 Å². The predicted molar refractivity (Wildman–Crippen MR) is 43.3 cm³/mol. The lowest BCUT2D eigenvalue weighted by Gasteiger charge is -2.31. The Morgan fingerprint density at radius 2 is 2.58 bits per heavy atom. The highest BCUT2D eigenvalue weighted by atomic mass is 16.5. The molecular weight excluding hydrogens is 160 g/mol. The molecule has 0 aromatic heterocycles. The lowest BCUT2D eigenvalue weighted by atomic mass is 10.2. The average molecular weight is 174 g/mol. The van der Waals surface area contributed by atoms with E-state index in [0.29, 0.717) is 26.2 Å². The van der Waals surface area contributed by atoms with Gasteiger partial charge in [0.05, 0.1) is 6.61 Å². The van der Waals surface area contributed by atoms with Crippen LogP contribution in [-0.2, 0) is 4.74 Å². The second kappa shape index (κ2) is 4.27. The van der Waals surface area contributed by atoms with E-state index in [2.05, 4.69) is 5.32 Å². The summed E-state index contributed by atoms with van der Waals surface area (Å²) < 4.78 is 4.93. The number of rotatable bonds is 2. The third kappa shape index (κ3) is 2.35. The van der Waals surface area contributed by atoms with Crippen LogP contribution in [0.2, 0.25) is 0 Å². The van der Waals surface area contributed by atoms with Gasteiger partial charge in [-0.1, -0.05) is 0 Å². The molecule has 5 heteroatoms. The van der Waals surface area contributed by atoms with Gasteiger partial charge in [-0.3, -0.25) is 0 Å². The topological polar surface area (TPSA) is 61.8 Å². The Hall–Kier alpha value is -0.810. The fraction of sp³-hybridized carbons (Fsp3) is 0.857. The molecule has 0 aromatic carbocycles. The molecule has 0 aliphatic carbocycles. The minimum atomic E-state index is -0.849. The summed E-state index contributed by atoms with van der Waals surface area (Å²) in [6.07, 6.45) is -0.849. The van der Waals surface area contributed by atoms with Gasteiger partial charge in [0.2, 0.25) is 0 Å². The van der Waals surface area contributed by atoms with Crippen molar-refractivity contribution in [1.29, 1.82) is 0 Å². The van der Waals surface area contributed by atoms with Crippen molar-refractivity contribution in [3.8, 4) is 0 Å². The molecule has 2 N–H and O–H groups in total. The van der Waals surface area contributed by atoms with Gasteiger partial charge in [0, 0.05) is 32.8 Å². The van der Waals surface area contributed by atoms with Crippen molar-refractivity contribution >= 4 is 6.09 Å². The Bertz CT molecular complexity index is 161. The monoisotopic (exact) mass is 174 g/mol. The quantitative estimate of drug-likeness (QED) is 0.597. The van der Waals surface area contributed by atoms with Crippen molar-refractivity contribution in [1.82, 2.24) is 10.2 Å². The zero-order chi connectivity index (χ0) is 8.97. The van der Waals surface area contributed by atoms with Gasteiger partial charge in [0.1, 0.15) is 0 Å². The number of amides is 1. The van der Waals surface area contributed by atoms with Gasteiger partial charge in [-0.25, -0.2) is 4.79 Å². The van der Waals surface area contributed by atoms with Crippen molar-refractivity contribution in [2.24, 2.45) is 0 Å². The molecule has 5 nitrogen and oxygen atoms in total. The van der Waals surface area contributed by atoms with Crippen LogP contribution in [-0.4, -0.2) is 55.5 Å². The van der Waals surface area contributed by atoms with E-state index >= 15 is 0 Å². The number of carboxylic acid groups (broad SMARTS) is 1. The van der Waals surface area contributed by atoms with E-state index in [1.807, 2.05) is 0 Å². The summed E-state index contributed by atoms with van der Waals surface area (Å²) in [5.74, 6) is 0. The van der Waals surface area contributed by atoms with Gasteiger partial charge >= 0.3 is 6.09 Å². The molecule has 1 amide bonds. The van der Waals surface area contributed by atoms with Crippen LogP contribution in [0, 0.1) is 0 Å². The SMILES string of the molecule is COC[C@H]1CN(C(=O)O)CCN1. The second-order valence-electron chi connectivity index (χ2n) is 2.83. The van der Waals surface area contributed by atoms with Crippen LogP contribution >= 0.6 is 0 Å². The molecule has 1 heterocycles. The van der Waals surface area contributed by atoms with Crippen LogP contribution < -0.4 is 5.32 Å². The number of hydrogen-bond donors (Lipinski definition) is 2. The molecule has 1 saturated heterocycles. The zero-order valence-corrected chi connectivity index (χ0v) is 7.12. The van der Waals surface area contributed by atoms with Gasteiger partial charge in [-0.05, 0) is 0 Å². The Morgan fingerprint density at radius 3 is 3.17 bits per heavy atom. The molecule has 70 valence electrons. The first kappa shape index (κ1) is 9.28. The number of methoxy groups -OCH3 is 1. The molecule has 12 heavy (non-hydrogen) atoms. The summed E-state index contributed by atoms with van der Waals surface area (Å²) in [6, 6.07) is 0.139. The molecule has 1 fully saturated rings. The Kier molecular flexibility index (Phi) is 3.31. The smallest absolute Gasteiger partial charge is 0.407 e. The van der Waals surface area contributed by atoms with Crippen LogP contribution in [0.1, 0.15) is 0 Å². The minimum Gasteiger partial charge on any atom is -0.465 e. The lowest BCUT2D eigenvalue weighted by Crippen LogP contribution is -2.53. The highest BCUT2D eigenvalue weighted by Crippen LogP contribution is 1.99. The van der Waals surface area contributed by atoms with E-state index in [1.54, 1.807) is 7.11 Å². The molecule has 0 bridgehead atoms. The summed E-state index contributed by atoms with van der Waals surface area (Å²) >= 11 is 0. The highest BCUT2D eigenvalue weighted by molar-refractivity contribution is 5.65. The van der Waals surface area contributed by atoms with Gasteiger partial charge < -0.3 is 20.1 Å². The molecule has 1 rings (SSSR count). The third-order valence-electron chi connectivity index (χ3n) is 1.89. The number of nitrogens with zero attached hydrogens (tertiary/aromatic N) is 1. The Balaban J connectivity index is 2.35. The van der Waals surface area contributed by atoms with E-state index in [1.165, 1.54) is 4.90 Å².